The molecule has 8 rings (SSSR count). The van der Waals surface area contributed by atoms with Gasteiger partial charge >= 0.3 is 6.48 Å². The molecule has 3 amide bonds. The molecule has 0 radical (unpaired) electrons. The van der Waals surface area contributed by atoms with E-state index in [0.717, 1.165) is 152 Å². The number of fused-ring (bicyclic) bond motifs is 1. The molecule has 2 fully saturated rings. The summed E-state index contributed by atoms with van der Waals surface area (Å²) < 4.78 is 29.5. The normalized spacial score (nSPS) is 14.5. The summed E-state index contributed by atoms with van der Waals surface area (Å²) in [6, 6.07) is 24.7. The molecule has 2 aliphatic rings. The van der Waals surface area contributed by atoms with E-state index in [2.05, 4.69) is 47.7 Å². The lowest BCUT2D eigenvalue weighted by Crippen LogP contribution is -2.59. The fourth-order valence-corrected chi connectivity index (χ4v) is 17.3. The van der Waals surface area contributed by atoms with Crippen LogP contribution in [0.25, 0.3) is 33.4 Å². The molecular formula is C101H148N10O12. The van der Waals surface area contributed by atoms with E-state index >= 15 is 14.4 Å². The smallest absolute Gasteiger partial charge is 0.318 e. The number of aromatic nitrogens is 6. The zero-order chi connectivity index (χ0) is 87.5. The molecule has 0 spiro atoms. The molecule has 3 aromatic heterocycles. The fraction of sp³-hybridized carbons (Fsp3) is 0.653. The van der Waals surface area contributed by atoms with E-state index in [9.17, 15) is 29.2 Å². The molecule has 123 heavy (non-hydrogen) atoms. The van der Waals surface area contributed by atoms with Crippen molar-refractivity contribution in [2.75, 3.05) is 32.1 Å². The highest BCUT2D eigenvalue weighted by atomic mass is 16.9. The first kappa shape index (κ1) is 99.8. The molecule has 2 N–H and O–H groups in total. The zero-order valence-electron chi connectivity index (χ0n) is 75.5. The first-order chi connectivity index (χ1) is 60.1. The molecule has 5 heterocycles. The van der Waals surface area contributed by atoms with Gasteiger partial charge in [0.25, 0.3) is 17.0 Å². The van der Waals surface area contributed by atoms with Gasteiger partial charge in [-0.25, -0.2) is 19.3 Å². The Balaban J connectivity index is 0.924. The van der Waals surface area contributed by atoms with Gasteiger partial charge in [-0.2, -0.15) is 15.5 Å². The van der Waals surface area contributed by atoms with E-state index in [1.54, 1.807) is 30.3 Å². The Morgan fingerprint density at radius 2 is 1.05 bits per heavy atom. The summed E-state index contributed by atoms with van der Waals surface area (Å²) in [5, 5.41) is 25.8. The third kappa shape index (κ3) is 35.0. The van der Waals surface area contributed by atoms with Crippen molar-refractivity contribution in [2.24, 2.45) is 5.92 Å². The summed E-state index contributed by atoms with van der Waals surface area (Å²) in [4.78, 5) is 123. The largest absolute Gasteiger partial charge is 0.438 e. The topological polar surface area (TPSA) is 286 Å². The predicted octanol–water partition coefficient (Wildman–Crippen LogP) is 22.5. The van der Waals surface area contributed by atoms with Crippen LogP contribution in [-0.4, -0.2) is 115 Å². The van der Waals surface area contributed by atoms with Gasteiger partial charge in [0.15, 0.2) is 35.0 Å². The van der Waals surface area contributed by atoms with Crippen LogP contribution in [0.15, 0.2) is 101 Å². The molecule has 0 saturated carbocycles. The van der Waals surface area contributed by atoms with E-state index < -0.39 is 42.0 Å². The Labute approximate surface area is 734 Å². The number of unbranched alkanes of at least 4 members (excludes halogenated alkanes) is 40. The third-order valence-electron chi connectivity index (χ3n) is 24.7. The molecular weight excluding hydrogens is 1550 g/mol. The molecule has 3 atom stereocenters. The van der Waals surface area contributed by atoms with E-state index in [1.165, 1.54) is 170 Å². The van der Waals surface area contributed by atoms with Gasteiger partial charge in [-0.3, -0.25) is 48.4 Å². The summed E-state index contributed by atoms with van der Waals surface area (Å²) in [6.07, 6.45) is 51.0. The van der Waals surface area contributed by atoms with E-state index in [1.807, 2.05) is 54.3 Å². The van der Waals surface area contributed by atoms with Gasteiger partial charge in [-0.05, 0) is 106 Å². The number of imide groups is 1. The first-order valence-electron chi connectivity index (χ1n) is 48.1. The molecule has 22 heteroatoms. The maximum Gasteiger partial charge on any atom is 0.318 e. The number of nitriles is 1. The Morgan fingerprint density at radius 1 is 0.545 bits per heavy atom. The Hall–Kier alpha value is -8.65. The summed E-state index contributed by atoms with van der Waals surface area (Å²) in [5.41, 5.74) is 4.09. The molecule has 2 aliphatic heterocycles. The Kier molecular flexibility index (Phi) is 46.9. The number of aryl methyl sites for hydroxylation is 1. The van der Waals surface area contributed by atoms with Gasteiger partial charge in [0, 0.05) is 93.0 Å². The number of carbonyl (C=O) groups excluding carboxylic acids is 6. The van der Waals surface area contributed by atoms with Crippen LogP contribution >= 0.6 is 0 Å². The van der Waals surface area contributed by atoms with Crippen molar-refractivity contribution in [1.29, 1.82) is 5.26 Å². The van der Waals surface area contributed by atoms with Crippen LogP contribution in [0.5, 0.6) is 5.75 Å². The quantitative estimate of drug-likeness (QED) is 0.0155. The van der Waals surface area contributed by atoms with Crippen molar-refractivity contribution in [3.63, 3.8) is 0 Å². The maximum atomic E-state index is 16.0. The van der Waals surface area contributed by atoms with E-state index in [0.29, 0.717) is 90.9 Å². The Bertz CT molecular complexity index is 4260. The molecule has 6 aromatic rings. The molecule has 0 aliphatic carbocycles. The van der Waals surface area contributed by atoms with Gasteiger partial charge in [-0.1, -0.05) is 302 Å². The number of anilines is 1. The monoisotopic (exact) mass is 1690 g/mol. The molecule has 674 valence electrons. The van der Waals surface area contributed by atoms with Crippen molar-refractivity contribution in [3.05, 3.63) is 129 Å². The van der Waals surface area contributed by atoms with Crippen LogP contribution in [0.3, 0.4) is 0 Å². The lowest BCUT2D eigenvalue weighted by Gasteiger charge is -2.45. The number of methoxy groups -OCH3 is 1. The molecule has 0 bridgehead atoms. The van der Waals surface area contributed by atoms with Gasteiger partial charge in [0.05, 0.1) is 47.3 Å². The van der Waals surface area contributed by atoms with E-state index in [-0.39, 0.29) is 78.9 Å². The van der Waals surface area contributed by atoms with E-state index in [4.69, 9.17) is 28.9 Å². The van der Waals surface area contributed by atoms with Gasteiger partial charge in [-0.15, -0.1) is 0 Å². The minimum Gasteiger partial charge on any atom is -0.438 e. The number of ketones is 3. The summed E-state index contributed by atoms with van der Waals surface area (Å²) in [5.74, 6) is -4.31. The highest BCUT2D eigenvalue weighted by Gasteiger charge is 2.54. The number of amides is 3. The van der Waals surface area contributed by atoms with Crippen molar-refractivity contribution in [2.45, 2.75) is 393 Å². The lowest BCUT2D eigenvalue weighted by atomic mass is 9.83. The number of ether oxygens (including phenoxy) is 4. The number of nitrogens with zero attached hydrogens (tertiary/aromatic N) is 8. The lowest BCUT2D eigenvalue weighted by molar-refractivity contribution is -0.359. The number of hydrogen-bond acceptors (Lipinski definition) is 18. The van der Waals surface area contributed by atoms with Gasteiger partial charge < -0.3 is 24.4 Å². The minimum absolute atomic E-state index is 0.0559. The average molecular weight is 1690 g/mol. The Morgan fingerprint density at radius 3 is 1.58 bits per heavy atom. The number of carbonyl (C=O) groups is 6. The van der Waals surface area contributed by atoms with Crippen LogP contribution in [0, 0.1) is 24.2 Å². The summed E-state index contributed by atoms with van der Waals surface area (Å²) in [6.45, 7) is 8.52. The number of hydrogen-bond donors (Lipinski definition) is 2. The predicted molar refractivity (Wildman–Crippen MR) is 489 cm³/mol. The molecule has 22 nitrogen and oxygen atoms in total. The molecule has 3 unspecified atom stereocenters. The average Bonchev–Trinajstić information content (AvgIpc) is 0.773. The van der Waals surface area contributed by atoms with Crippen molar-refractivity contribution in [3.8, 4) is 34.5 Å². The number of likely N-dealkylation sites (tertiary alicyclic amines) is 1. The number of benzene rings is 3. The second-order valence-electron chi connectivity index (χ2n) is 34.8. The van der Waals surface area contributed by atoms with Crippen LogP contribution < -0.4 is 26.5 Å². The second-order valence-corrected chi connectivity index (χ2v) is 34.8. The summed E-state index contributed by atoms with van der Waals surface area (Å²) in [7, 11) is 1.41. The standard InChI is InChI=1S/C101H148N10O12/c1-6-9-12-15-18-21-25-30-35-40-45-56-90(112)96(91(113)57-46-41-36-31-26-22-19-16-13-10-7-2)122-101(92(114)58-47-42-37-32-27-23-20-17-14-11-8-3,123-100(120-5)121-85-75-104-97(105-76-85)82-55-51-53-80(72-82)77-110-95(117)65-62-88(108-110)81-54-50-52-79(71-81)74-102)83-66-69-109(70-67-83)94(116)59-48-43-38-33-28-24-29-34-39-44-49-68-103-84-60-61-86-87(73-84)78(4)107-111(99(86)119)89-63-64-93(115)106-98(89)118/h50-55,60-62,65,71-73,75-76,83,89,96,100,103H,6-49,56-59,63-64,66-70,77H2,1-5H3,(H,106,115,118). The van der Waals surface area contributed by atoms with Gasteiger partial charge in [0.1, 0.15) is 6.04 Å². The highest BCUT2D eigenvalue weighted by Crippen LogP contribution is 2.40. The van der Waals surface area contributed by atoms with Crippen molar-refractivity contribution < 1.29 is 47.7 Å². The van der Waals surface area contributed by atoms with Crippen LogP contribution in [0.4, 0.5) is 5.69 Å². The van der Waals surface area contributed by atoms with Crippen LogP contribution in [0.2, 0.25) is 0 Å². The summed E-state index contributed by atoms with van der Waals surface area (Å²) >= 11 is 0. The molecule has 2 saturated heterocycles. The fourth-order valence-electron chi connectivity index (χ4n) is 17.3. The first-order valence-corrected chi connectivity index (χ1v) is 48.1. The van der Waals surface area contributed by atoms with Crippen molar-refractivity contribution in [1.82, 2.24) is 39.7 Å². The second kappa shape index (κ2) is 57.8. The zero-order valence-corrected chi connectivity index (χ0v) is 75.5. The SMILES string of the molecule is CCCCCCCCCCCCCC(=O)C(OC(OC(OC)Oc1cnc(-c2cccc(Cn3nc(-c4cccc(C#N)c4)ccc3=O)c2)nc1)(C(=O)CCCCCCCCCCCCC)C1CCN(C(=O)CCCCCCCCCCCCCNc2ccc3c(=O)n(C4CCC(=O)NC4=O)nc(C)c3c2)CC1)C(=O)CCCCCCCCCCCCC. The number of nitrogens with one attached hydrogen (secondary N) is 2. The van der Waals surface area contributed by atoms with Crippen LogP contribution in [0.1, 0.15) is 378 Å². The maximum absolute atomic E-state index is 16.0. The number of piperidine rings is 2. The van der Waals surface area contributed by atoms with Gasteiger partial charge in [0.2, 0.25) is 17.6 Å². The van der Waals surface area contributed by atoms with Crippen molar-refractivity contribution >= 4 is 51.5 Å². The third-order valence-corrected chi connectivity index (χ3v) is 24.7. The molecule has 3 aromatic carbocycles. The van der Waals surface area contributed by atoms with Crippen LogP contribution in [-0.2, 0) is 49.5 Å². The highest BCUT2D eigenvalue weighted by molar-refractivity contribution is 6.06. The minimum atomic E-state index is -2.21. The number of rotatable bonds is 67. The number of Topliss-reactive ketones (excluding diaryl/α,β-unsaturated/α-hetero) is 3.